The van der Waals surface area contributed by atoms with Gasteiger partial charge in [-0.1, -0.05) is 13.3 Å². The van der Waals surface area contributed by atoms with E-state index in [1.807, 2.05) is 6.92 Å². The zero-order valence-corrected chi connectivity index (χ0v) is 14.1. The van der Waals surface area contributed by atoms with Gasteiger partial charge in [-0.25, -0.2) is 8.42 Å². The molecule has 0 radical (unpaired) electrons. The van der Waals surface area contributed by atoms with Gasteiger partial charge in [0.2, 0.25) is 0 Å². The van der Waals surface area contributed by atoms with Crippen molar-refractivity contribution in [1.29, 1.82) is 0 Å². The predicted molar refractivity (Wildman–Crippen MR) is 81.8 cm³/mol. The summed E-state index contributed by atoms with van der Waals surface area (Å²) >= 11 is 4.58. The van der Waals surface area contributed by atoms with Crippen LogP contribution < -0.4 is 5.73 Å². The molecule has 1 fully saturated rings. The number of sulfonamides is 1. The van der Waals surface area contributed by atoms with E-state index >= 15 is 0 Å². The lowest BCUT2D eigenvalue weighted by molar-refractivity contribution is 0.276. The first-order valence-corrected chi connectivity index (χ1v) is 9.53. The van der Waals surface area contributed by atoms with Crippen molar-refractivity contribution in [2.24, 2.45) is 11.7 Å². The van der Waals surface area contributed by atoms with Gasteiger partial charge in [0.1, 0.15) is 4.21 Å². The second-order valence-electron chi connectivity index (χ2n) is 4.76. The first-order valence-electron chi connectivity index (χ1n) is 6.48. The fraction of sp³-hybridized carbons (Fsp3) is 0.667. The molecule has 2 N–H and O–H groups in total. The average Bonchev–Trinajstić information content (AvgIpc) is 2.98. The maximum absolute atomic E-state index is 12.7. The predicted octanol–water partition coefficient (Wildman–Crippen LogP) is 2.65. The van der Waals surface area contributed by atoms with E-state index in [2.05, 4.69) is 15.9 Å². The quantitative estimate of drug-likeness (QED) is 0.870. The number of hydrogen-bond acceptors (Lipinski definition) is 4. The third kappa shape index (κ3) is 3.05. The van der Waals surface area contributed by atoms with E-state index in [4.69, 9.17) is 5.73 Å². The molecule has 19 heavy (non-hydrogen) atoms. The second-order valence-corrected chi connectivity index (χ2v) is 9.34. The molecule has 0 spiro atoms. The van der Waals surface area contributed by atoms with Crippen LogP contribution in [0.4, 0.5) is 0 Å². The highest BCUT2D eigenvalue weighted by Crippen LogP contribution is 2.35. The third-order valence-electron chi connectivity index (χ3n) is 3.71. The second kappa shape index (κ2) is 6.22. The molecule has 2 atom stereocenters. The van der Waals surface area contributed by atoms with Crippen LogP contribution in [0.25, 0.3) is 0 Å². The van der Waals surface area contributed by atoms with E-state index in [0.29, 0.717) is 17.3 Å². The van der Waals surface area contributed by atoms with Crippen LogP contribution in [0.2, 0.25) is 0 Å². The Morgan fingerprint density at radius 3 is 2.74 bits per heavy atom. The molecule has 1 saturated carbocycles. The van der Waals surface area contributed by atoms with E-state index in [-0.39, 0.29) is 12.0 Å². The van der Waals surface area contributed by atoms with Crippen molar-refractivity contribution in [2.45, 2.75) is 36.4 Å². The molecule has 1 heterocycles. The summed E-state index contributed by atoms with van der Waals surface area (Å²) in [5.74, 6) is 0.290. The number of hydrogen-bond donors (Lipinski definition) is 1. The molecule has 108 valence electrons. The van der Waals surface area contributed by atoms with Crippen LogP contribution in [0.1, 0.15) is 26.2 Å². The van der Waals surface area contributed by atoms with E-state index < -0.39 is 10.0 Å². The monoisotopic (exact) mass is 366 g/mol. The number of thiophene rings is 1. The van der Waals surface area contributed by atoms with E-state index in [1.54, 1.807) is 16.4 Å². The van der Waals surface area contributed by atoms with Crippen LogP contribution in [0.15, 0.2) is 20.1 Å². The van der Waals surface area contributed by atoms with Gasteiger partial charge < -0.3 is 5.73 Å². The zero-order chi connectivity index (χ0) is 14.0. The molecule has 0 bridgehead atoms. The van der Waals surface area contributed by atoms with Gasteiger partial charge >= 0.3 is 0 Å². The Hall–Kier alpha value is 0.0500. The molecule has 0 aliphatic heterocycles. The lowest BCUT2D eigenvalue weighted by Crippen LogP contribution is -2.43. The molecular formula is C12H19BrN2O2S2. The van der Waals surface area contributed by atoms with Crippen LogP contribution in [-0.4, -0.2) is 31.9 Å². The molecule has 1 aromatic heterocycles. The highest BCUT2D eigenvalue weighted by Gasteiger charge is 2.37. The Balaban J connectivity index is 2.31. The highest BCUT2D eigenvalue weighted by atomic mass is 79.9. The van der Waals surface area contributed by atoms with Gasteiger partial charge in [0.05, 0.1) is 3.79 Å². The molecule has 2 unspecified atom stereocenters. The lowest BCUT2D eigenvalue weighted by Gasteiger charge is -2.30. The topological polar surface area (TPSA) is 63.4 Å². The van der Waals surface area contributed by atoms with Crippen LogP contribution in [0, 0.1) is 5.92 Å². The third-order valence-corrected chi connectivity index (χ3v) is 7.81. The molecule has 1 aliphatic rings. The summed E-state index contributed by atoms with van der Waals surface area (Å²) < 4.78 is 28.3. The van der Waals surface area contributed by atoms with Crippen molar-refractivity contribution in [3.8, 4) is 0 Å². The number of rotatable bonds is 5. The fourth-order valence-electron chi connectivity index (χ4n) is 2.81. The van der Waals surface area contributed by atoms with Gasteiger partial charge in [-0.2, -0.15) is 4.31 Å². The summed E-state index contributed by atoms with van der Waals surface area (Å²) in [6.07, 6.45) is 3.01. The Morgan fingerprint density at radius 1 is 1.47 bits per heavy atom. The zero-order valence-electron chi connectivity index (χ0n) is 10.9. The molecular weight excluding hydrogens is 348 g/mol. The fourth-order valence-corrected chi connectivity index (χ4v) is 6.67. The summed E-state index contributed by atoms with van der Waals surface area (Å²) in [6, 6.07) is 3.50. The average molecular weight is 367 g/mol. The molecule has 4 nitrogen and oxygen atoms in total. The largest absolute Gasteiger partial charge is 0.330 e. The Bertz CT molecular complexity index is 530. The van der Waals surface area contributed by atoms with E-state index in [0.717, 1.165) is 23.0 Å². The molecule has 0 amide bonds. The lowest BCUT2D eigenvalue weighted by atomic mass is 10.0. The molecule has 0 aromatic carbocycles. The highest BCUT2D eigenvalue weighted by molar-refractivity contribution is 9.11. The van der Waals surface area contributed by atoms with Crippen molar-refractivity contribution in [2.75, 3.05) is 13.1 Å². The van der Waals surface area contributed by atoms with Crippen molar-refractivity contribution < 1.29 is 8.42 Å². The Labute approximate surface area is 127 Å². The van der Waals surface area contributed by atoms with Crippen LogP contribution in [-0.2, 0) is 10.0 Å². The molecule has 1 aliphatic carbocycles. The van der Waals surface area contributed by atoms with Crippen molar-refractivity contribution in [3.05, 3.63) is 15.9 Å². The van der Waals surface area contributed by atoms with Gasteiger partial charge in [-0.3, -0.25) is 0 Å². The Morgan fingerprint density at radius 2 is 2.21 bits per heavy atom. The molecule has 1 aromatic rings. The van der Waals surface area contributed by atoms with Crippen molar-refractivity contribution in [1.82, 2.24) is 4.31 Å². The SMILES string of the molecule is CCN(C1CCCC1CN)S(=O)(=O)c1ccc(Br)s1. The van der Waals surface area contributed by atoms with Gasteiger partial charge in [-0.05, 0) is 53.4 Å². The van der Waals surface area contributed by atoms with Crippen LogP contribution >= 0.6 is 27.3 Å². The van der Waals surface area contributed by atoms with Gasteiger partial charge in [0.25, 0.3) is 10.0 Å². The Kier molecular flexibility index (Phi) is 5.05. The maximum Gasteiger partial charge on any atom is 0.252 e. The minimum absolute atomic E-state index is 0.0564. The van der Waals surface area contributed by atoms with Gasteiger partial charge in [-0.15, -0.1) is 11.3 Å². The van der Waals surface area contributed by atoms with Crippen molar-refractivity contribution in [3.63, 3.8) is 0 Å². The number of halogens is 1. The first kappa shape index (κ1) is 15.4. The van der Waals surface area contributed by atoms with Gasteiger partial charge in [0.15, 0.2) is 0 Å². The van der Waals surface area contributed by atoms with Crippen molar-refractivity contribution >= 4 is 37.3 Å². The maximum atomic E-state index is 12.7. The van der Waals surface area contributed by atoms with Crippen LogP contribution in [0.3, 0.4) is 0 Å². The minimum Gasteiger partial charge on any atom is -0.330 e. The van der Waals surface area contributed by atoms with E-state index in [1.165, 1.54) is 11.3 Å². The summed E-state index contributed by atoms with van der Waals surface area (Å²) in [4.78, 5) is 0. The molecule has 7 heteroatoms. The van der Waals surface area contributed by atoms with E-state index in [9.17, 15) is 8.42 Å². The summed E-state index contributed by atoms with van der Waals surface area (Å²) in [5, 5.41) is 0. The van der Waals surface area contributed by atoms with Gasteiger partial charge in [0, 0.05) is 12.6 Å². The summed E-state index contributed by atoms with van der Waals surface area (Å²) in [6.45, 7) is 2.95. The smallest absolute Gasteiger partial charge is 0.252 e. The minimum atomic E-state index is -3.39. The number of nitrogens with zero attached hydrogens (tertiary/aromatic N) is 1. The summed E-state index contributed by atoms with van der Waals surface area (Å²) in [7, 11) is -3.39. The van der Waals surface area contributed by atoms with Crippen LogP contribution in [0.5, 0.6) is 0 Å². The summed E-state index contributed by atoms with van der Waals surface area (Å²) in [5.41, 5.74) is 5.78. The molecule has 2 rings (SSSR count). The first-order chi connectivity index (χ1) is 9.00. The standard InChI is InChI=1S/C12H19BrN2O2S2/c1-2-15(10-5-3-4-9(10)8-14)19(16,17)12-7-6-11(13)18-12/h6-7,9-10H,2-5,8,14H2,1H3. The molecule has 0 saturated heterocycles. The normalized spacial score (nSPS) is 24.2. The number of nitrogens with two attached hydrogens (primary N) is 1.